The summed E-state index contributed by atoms with van der Waals surface area (Å²) < 4.78 is 0. The first-order valence-electron chi connectivity index (χ1n) is 10.4. The lowest BCUT2D eigenvalue weighted by molar-refractivity contribution is -0.123. The number of carbonyl (C=O) groups excluding carboxylic acids is 2. The number of rotatable bonds is 3. The summed E-state index contributed by atoms with van der Waals surface area (Å²) in [5.41, 5.74) is 2.64. The molecule has 2 aliphatic rings. The lowest BCUT2D eigenvalue weighted by Crippen LogP contribution is -2.39. The Morgan fingerprint density at radius 2 is 1.90 bits per heavy atom. The van der Waals surface area contributed by atoms with Crippen LogP contribution in [0.5, 0.6) is 0 Å². The molecule has 3 heterocycles. The molecule has 0 saturated carbocycles. The minimum absolute atomic E-state index is 0.0883. The number of fused-ring (bicyclic) bond motifs is 1. The van der Waals surface area contributed by atoms with E-state index in [1.54, 1.807) is 0 Å². The standard InChI is InChI=1S/C22H27N5O3/c1-12-6-8-27(9-7-12)22-25-19-18(21(30)26-22)16(11-17(28)24-19)20(29)23-15-5-4-13(2)14(3)10-15/h4-5,10,12,16H,6-9,11H2,1-3H3,(H,23,29)(H2,24,25,26,28,30)/t16-/m1/s1. The first-order valence-corrected chi connectivity index (χ1v) is 10.4. The van der Waals surface area contributed by atoms with Crippen molar-refractivity contribution in [2.75, 3.05) is 28.6 Å². The van der Waals surface area contributed by atoms with E-state index < -0.39 is 5.92 Å². The second-order valence-corrected chi connectivity index (χ2v) is 8.41. The highest BCUT2D eigenvalue weighted by atomic mass is 16.2. The van der Waals surface area contributed by atoms with Crippen molar-refractivity contribution in [2.24, 2.45) is 5.92 Å². The Hall–Kier alpha value is -3.16. The van der Waals surface area contributed by atoms with Gasteiger partial charge in [0.1, 0.15) is 5.82 Å². The zero-order valence-corrected chi connectivity index (χ0v) is 17.5. The second-order valence-electron chi connectivity index (χ2n) is 8.41. The highest BCUT2D eigenvalue weighted by molar-refractivity contribution is 6.04. The van der Waals surface area contributed by atoms with E-state index >= 15 is 0 Å². The third kappa shape index (κ3) is 3.94. The molecule has 1 fully saturated rings. The summed E-state index contributed by atoms with van der Waals surface area (Å²) in [7, 11) is 0. The molecule has 1 aromatic heterocycles. The van der Waals surface area contributed by atoms with Crippen LogP contribution in [0, 0.1) is 19.8 Å². The van der Waals surface area contributed by atoms with Crippen LogP contribution in [0.2, 0.25) is 0 Å². The van der Waals surface area contributed by atoms with E-state index in [1.165, 1.54) is 0 Å². The maximum absolute atomic E-state index is 13.0. The Bertz CT molecular complexity index is 1050. The number of hydrogen-bond donors (Lipinski definition) is 3. The van der Waals surface area contributed by atoms with Crippen LogP contribution >= 0.6 is 0 Å². The molecule has 0 spiro atoms. The molecule has 0 unspecified atom stereocenters. The SMILES string of the molecule is Cc1ccc(NC(=O)[C@@H]2CC(=O)Nc3nc(N4CCC(C)CC4)[nH]c(=O)c32)cc1C. The van der Waals surface area contributed by atoms with Crippen LogP contribution in [0.4, 0.5) is 17.5 Å². The molecule has 1 atom stereocenters. The number of nitrogens with zero attached hydrogens (tertiary/aromatic N) is 2. The van der Waals surface area contributed by atoms with Gasteiger partial charge in [-0.2, -0.15) is 4.98 Å². The summed E-state index contributed by atoms with van der Waals surface area (Å²) in [5.74, 6) is -0.323. The molecular formula is C22H27N5O3. The normalized spacial score (nSPS) is 19.2. The predicted octanol–water partition coefficient (Wildman–Crippen LogP) is 2.69. The van der Waals surface area contributed by atoms with Crippen molar-refractivity contribution in [1.29, 1.82) is 0 Å². The molecule has 1 aromatic carbocycles. The van der Waals surface area contributed by atoms with Crippen molar-refractivity contribution in [2.45, 2.75) is 46.0 Å². The van der Waals surface area contributed by atoms with Gasteiger partial charge in [-0.15, -0.1) is 0 Å². The van der Waals surface area contributed by atoms with Gasteiger partial charge in [0, 0.05) is 25.2 Å². The molecule has 2 aromatic rings. The highest BCUT2D eigenvalue weighted by Gasteiger charge is 2.35. The minimum Gasteiger partial charge on any atom is -0.342 e. The second kappa shape index (κ2) is 7.93. The van der Waals surface area contributed by atoms with Crippen molar-refractivity contribution in [3.63, 3.8) is 0 Å². The van der Waals surface area contributed by atoms with Crippen molar-refractivity contribution < 1.29 is 9.59 Å². The van der Waals surface area contributed by atoms with Crippen molar-refractivity contribution in [3.8, 4) is 0 Å². The molecular weight excluding hydrogens is 382 g/mol. The van der Waals surface area contributed by atoms with Crippen LogP contribution < -0.4 is 21.1 Å². The van der Waals surface area contributed by atoms with E-state index in [2.05, 4.69) is 27.5 Å². The fourth-order valence-electron chi connectivity index (χ4n) is 4.00. The minimum atomic E-state index is -0.887. The Morgan fingerprint density at radius 1 is 1.17 bits per heavy atom. The summed E-state index contributed by atoms with van der Waals surface area (Å²) in [4.78, 5) is 47.5. The number of aromatic amines is 1. The number of anilines is 3. The maximum Gasteiger partial charge on any atom is 0.258 e. The van der Waals surface area contributed by atoms with Crippen LogP contribution in [0.1, 0.15) is 48.8 Å². The number of piperidine rings is 1. The number of aryl methyl sites for hydroxylation is 2. The van der Waals surface area contributed by atoms with E-state index in [0.717, 1.165) is 37.1 Å². The summed E-state index contributed by atoms with van der Waals surface area (Å²) in [6.45, 7) is 7.76. The van der Waals surface area contributed by atoms with Crippen molar-refractivity contribution in [3.05, 3.63) is 45.2 Å². The number of benzene rings is 1. The van der Waals surface area contributed by atoms with Gasteiger partial charge in [-0.1, -0.05) is 13.0 Å². The molecule has 1 saturated heterocycles. The summed E-state index contributed by atoms with van der Waals surface area (Å²) >= 11 is 0. The molecule has 3 N–H and O–H groups in total. The third-order valence-electron chi connectivity index (χ3n) is 6.11. The average molecular weight is 409 g/mol. The molecule has 0 aliphatic carbocycles. The lowest BCUT2D eigenvalue weighted by atomic mass is 9.92. The number of nitrogens with one attached hydrogen (secondary N) is 3. The van der Waals surface area contributed by atoms with Crippen LogP contribution in [0.25, 0.3) is 0 Å². The predicted molar refractivity (Wildman–Crippen MR) is 116 cm³/mol. The fourth-order valence-corrected chi connectivity index (χ4v) is 4.00. The smallest absolute Gasteiger partial charge is 0.258 e. The summed E-state index contributed by atoms with van der Waals surface area (Å²) in [5, 5.41) is 5.52. The van der Waals surface area contributed by atoms with Crippen LogP contribution in [-0.4, -0.2) is 34.9 Å². The first-order chi connectivity index (χ1) is 14.3. The lowest BCUT2D eigenvalue weighted by Gasteiger charge is -2.31. The molecule has 2 amide bonds. The fraction of sp³-hybridized carbons (Fsp3) is 0.455. The molecule has 4 rings (SSSR count). The van der Waals surface area contributed by atoms with Gasteiger partial charge in [-0.25, -0.2) is 0 Å². The number of H-pyrrole nitrogens is 1. The quantitative estimate of drug-likeness (QED) is 0.723. The number of carbonyl (C=O) groups is 2. The van der Waals surface area contributed by atoms with E-state index in [1.807, 2.05) is 36.9 Å². The maximum atomic E-state index is 13.0. The Labute approximate surface area is 175 Å². The summed E-state index contributed by atoms with van der Waals surface area (Å²) in [6.07, 6.45) is 1.96. The molecule has 8 nitrogen and oxygen atoms in total. The van der Waals surface area contributed by atoms with Crippen LogP contribution in [0.3, 0.4) is 0 Å². The van der Waals surface area contributed by atoms with E-state index in [4.69, 9.17) is 0 Å². The third-order valence-corrected chi connectivity index (χ3v) is 6.11. The van der Waals surface area contributed by atoms with Gasteiger partial charge < -0.3 is 15.5 Å². The molecule has 0 radical (unpaired) electrons. The van der Waals surface area contributed by atoms with Crippen molar-refractivity contribution >= 4 is 29.3 Å². The number of aromatic nitrogens is 2. The van der Waals surface area contributed by atoms with Gasteiger partial charge in [0.15, 0.2) is 0 Å². The van der Waals surface area contributed by atoms with Crippen molar-refractivity contribution in [1.82, 2.24) is 9.97 Å². The van der Waals surface area contributed by atoms with E-state index in [-0.39, 0.29) is 35.2 Å². The largest absolute Gasteiger partial charge is 0.342 e. The van der Waals surface area contributed by atoms with Crippen LogP contribution in [-0.2, 0) is 9.59 Å². The Morgan fingerprint density at radius 3 is 2.60 bits per heavy atom. The van der Waals surface area contributed by atoms with Gasteiger partial charge in [0.25, 0.3) is 5.56 Å². The number of amides is 2. The summed E-state index contributed by atoms with van der Waals surface area (Å²) in [6, 6.07) is 5.61. The van der Waals surface area contributed by atoms with E-state index in [9.17, 15) is 14.4 Å². The molecule has 0 bridgehead atoms. The van der Waals surface area contributed by atoms with Crippen LogP contribution in [0.15, 0.2) is 23.0 Å². The average Bonchev–Trinajstić information content (AvgIpc) is 2.70. The van der Waals surface area contributed by atoms with Gasteiger partial charge in [0.2, 0.25) is 17.8 Å². The molecule has 8 heteroatoms. The Kier molecular flexibility index (Phi) is 5.32. The van der Waals surface area contributed by atoms with Gasteiger partial charge in [-0.05, 0) is 55.9 Å². The monoisotopic (exact) mass is 409 g/mol. The van der Waals surface area contributed by atoms with Gasteiger partial charge in [-0.3, -0.25) is 19.4 Å². The molecule has 158 valence electrons. The molecule has 2 aliphatic heterocycles. The zero-order chi connectivity index (χ0) is 21.4. The molecule has 30 heavy (non-hydrogen) atoms. The number of hydrogen-bond acceptors (Lipinski definition) is 5. The highest BCUT2D eigenvalue weighted by Crippen LogP contribution is 2.31. The van der Waals surface area contributed by atoms with Gasteiger partial charge in [0.05, 0.1) is 11.5 Å². The van der Waals surface area contributed by atoms with Gasteiger partial charge >= 0.3 is 0 Å². The van der Waals surface area contributed by atoms with E-state index in [0.29, 0.717) is 17.6 Å². The first kappa shape index (κ1) is 20.1. The zero-order valence-electron chi connectivity index (χ0n) is 17.5. The Balaban J connectivity index is 1.62. The topological polar surface area (TPSA) is 107 Å².